The van der Waals surface area contributed by atoms with Gasteiger partial charge in [0.15, 0.2) is 12.6 Å². The average Bonchev–Trinajstić information content (AvgIpc) is 3.08. The summed E-state index contributed by atoms with van der Waals surface area (Å²) in [6.45, 7) is -3.14. The Bertz CT molecular complexity index is 658. The maximum absolute atomic E-state index is 10.3. The van der Waals surface area contributed by atoms with Crippen LogP contribution in [0.4, 0.5) is 0 Å². The second kappa shape index (κ2) is 17.2. The van der Waals surface area contributed by atoms with Crippen LogP contribution in [0.25, 0.3) is 0 Å². The summed E-state index contributed by atoms with van der Waals surface area (Å²) >= 11 is 0. The first-order valence-electron chi connectivity index (χ1n) is 10.6. The van der Waals surface area contributed by atoms with Crippen LogP contribution >= 0.6 is 0 Å². The fourth-order valence-corrected chi connectivity index (χ4v) is 4.01. The molecule has 3 aliphatic heterocycles. The van der Waals surface area contributed by atoms with Crippen LogP contribution in [-0.2, 0) is 23.7 Å². The van der Waals surface area contributed by atoms with Crippen molar-refractivity contribution in [2.45, 2.75) is 85.5 Å². The molecule has 2 unspecified atom stereocenters. The minimum absolute atomic E-state index is 0. The average molecular weight is 595 g/mol. The van der Waals surface area contributed by atoms with E-state index in [1.54, 1.807) is 0 Å². The Morgan fingerprint density at radius 2 is 1.00 bits per heavy atom. The highest BCUT2D eigenvalue weighted by molar-refractivity contribution is 4.98. The van der Waals surface area contributed by atoms with E-state index < -0.39 is 112 Å². The summed E-state index contributed by atoms with van der Waals surface area (Å²) in [5, 5.41) is 109. The maximum atomic E-state index is 10.3. The van der Waals surface area contributed by atoms with Gasteiger partial charge in [-0.15, -0.1) is 0 Å². The highest BCUT2D eigenvalue weighted by Gasteiger charge is 2.58. The summed E-state index contributed by atoms with van der Waals surface area (Å²) < 4.78 is 26.4. The molecule has 0 aromatic carbocycles. The molecule has 3 heterocycles. The molecule has 0 aromatic rings. The number of rotatable bonds is 8. The maximum Gasteiger partial charge on any atom is 0.224 e. The molecular formula is C18H42O21. The van der Waals surface area contributed by atoms with Crippen molar-refractivity contribution in [3.05, 3.63) is 0 Å². The van der Waals surface area contributed by atoms with Crippen molar-refractivity contribution >= 4 is 0 Å². The second-order valence-electron chi connectivity index (χ2n) is 8.41. The summed E-state index contributed by atoms with van der Waals surface area (Å²) in [6.07, 6.45) is -21.8. The van der Waals surface area contributed by atoms with Gasteiger partial charge in [-0.05, 0) is 0 Å². The van der Waals surface area contributed by atoms with Gasteiger partial charge in [-0.3, -0.25) is 0 Å². The van der Waals surface area contributed by atoms with Gasteiger partial charge in [0.1, 0.15) is 73.8 Å². The van der Waals surface area contributed by atoms with Crippen LogP contribution in [0.5, 0.6) is 0 Å². The standard InChI is InChI=1S/C18H32O16.5H2O/c19-1-5-8(22)11(25)13(27)16(31-5)30-3-7-9(23)12(26)14(28)17(32-7)34-18(4-21)15(29)10(24)6(2-20)33-18;;;;;/h5-17,19-29H,1-4H2;5*1H2/t5-,6-,7-,8+,9-,10-,11+,12+,13-,14-,15+,16?,17?,18+;;;;;/m1...../s1. The molecule has 240 valence electrons. The second-order valence-corrected chi connectivity index (χ2v) is 8.41. The van der Waals surface area contributed by atoms with Crippen LogP contribution in [0, 0.1) is 0 Å². The number of hydrogen-bond acceptors (Lipinski definition) is 16. The highest BCUT2D eigenvalue weighted by atomic mass is 16.8. The molecule has 3 rings (SSSR count). The van der Waals surface area contributed by atoms with Gasteiger partial charge in [-0.25, -0.2) is 0 Å². The van der Waals surface area contributed by atoms with Crippen molar-refractivity contribution in [3.8, 4) is 0 Å². The largest absolute Gasteiger partial charge is 0.412 e. The third-order valence-electron chi connectivity index (χ3n) is 6.16. The van der Waals surface area contributed by atoms with E-state index in [-0.39, 0.29) is 27.4 Å². The SMILES string of the molecule is O.O.O.O.O.OC[C@H]1OC(OC[C@H]2OC(O[C@]3(CO)O[C@H](CO)[C@@H](O)[C@@H]3O)[C@H](O)[C@@H](O)[C@@H]2O)[C@H](O)[C@@H](O)[C@H]1O. The smallest absolute Gasteiger partial charge is 0.224 e. The Hall–Kier alpha value is -0.840. The molecule has 21 nitrogen and oxygen atoms in total. The van der Waals surface area contributed by atoms with Crippen molar-refractivity contribution < 1.29 is 107 Å². The van der Waals surface area contributed by atoms with Crippen molar-refractivity contribution in [3.63, 3.8) is 0 Å². The Balaban J connectivity index is -0.00000259. The molecular weight excluding hydrogens is 552 g/mol. The molecule has 0 aromatic heterocycles. The Kier molecular flexibility index (Phi) is 18.8. The summed E-state index contributed by atoms with van der Waals surface area (Å²) in [4.78, 5) is 0. The zero-order valence-corrected chi connectivity index (χ0v) is 20.3. The minimum Gasteiger partial charge on any atom is -0.412 e. The zero-order chi connectivity index (χ0) is 25.4. The summed E-state index contributed by atoms with van der Waals surface area (Å²) in [5.41, 5.74) is 0. The fraction of sp³-hybridized carbons (Fsp3) is 1.00. The molecule has 0 radical (unpaired) electrons. The van der Waals surface area contributed by atoms with Crippen molar-refractivity contribution in [2.75, 3.05) is 26.4 Å². The van der Waals surface area contributed by atoms with Crippen LogP contribution in [0.3, 0.4) is 0 Å². The molecule has 0 aliphatic carbocycles. The predicted octanol–water partition coefficient (Wildman–Crippen LogP) is -11.7. The predicted molar refractivity (Wildman–Crippen MR) is 119 cm³/mol. The molecule has 21 N–H and O–H groups in total. The van der Waals surface area contributed by atoms with Gasteiger partial charge < -0.3 is 107 Å². The van der Waals surface area contributed by atoms with E-state index in [2.05, 4.69) is 0 Å². The van der Waals surface area contributed by atoms with E-state index in [0.29, 0.717) is 0 Å². The molecule has 3 saturated heterocycles. The van der Waals surface area contributed by atoms with Gasteiger partial charge in [0.05, 0.1) is 19.8 Å². The van der Waals surface area contributed by atoms with Gasteiger partial charge in [-0.2, -0.15) is 0 Å². The number of hydrogen-bond donors (Lipinski definition) is 11. The van der Waals surface area contributed by atoms with E-state index in [1.807, 2.05) is 0 Å². The van der Waals surface area contributed by atoms with Crippen LogP contribution in [0.15, 0.2) is 0 Å². The summed E-state index contributed by atoms with van der Waals surface area (Å²) in [6, 6.07) is 0. The molecule has 3 fully saturated rings. The molecule has 0 saturated carbocycles. The first-order chi connectivity index (χ1) is 16.0. The first kappa shape index (κ1) is 42.6. The summed E-state index contributed by atoms with van der Waals surface area (Å²) in [7, 11) is 0. The van der Waals surface area contributed by atoms with Crippen LogP contribution in [0.2, 0.25) is 0 Å². The number of aliphatic hydroxyl groups is 11. The lowest BCUT2D eigenvalue weighted by atomic mass is 9.98. The quantitative estimate of drug-likeness (QED) is 0.124. The number of aliphatic hydroxyl groups excluding tert-OH is 11. The van der Waals surface area contributed by atoms with Crippen molar-refractivity contribution in [2.24, 2.45) is 0 Å². The molecule has 3 aliphatic rings. The molecule has 39 heavy (non-hydrogen) atoms. The summed E-state index contributed by atoms with van der Waals surface area (Å²) in [5.74, 6) is -2.36. The molecule has 21 heteroatoms. The molecule has 0 amide bonds. The van der Waals surface area contributed by atoms with E-state index >= 15 is 0 Å². The zero-order valence-electron chi connectivity index (χ0n) is 20.3. The first-order valence-corrected chi connectivity index (χ1v) is 10.6. The molecule has 14 atom stereocenters. The van der Waals surface area contributed by atoms with Crippen LogP contribution < -0.4 is 0 Å². The van der Waals surface area contributed by atoms with Gasteiger partial charge in [0, 0.05) is 0 Å². The van der Waals surface area contributed by atoms with Crippen molar-refractivity contribution in [1.82, 2.24) is 0 Å². The van der Waals surface area contributed by atoms with Crippen LogP contribution in [0.1, 0.15) is 0 Å². The lowest BCUT2D eigenvalue weighted by Crippen LogP contribution is -2.63. The normalized spacial score (nSPS) is 45.5. The Labute approximate surface area is 220 Å². The van der Waals surface area contributed by atoms with Gasteiger partial charge >= 0.3 is 0 Å². The van der Waals surface area contributed by atoms with Crippen molar-refractivity contribution in [1.29, 1.82) is 0 Å². The van der Waals surface area contributed by atoms with Gasteiger partial charge in [0.2, 0.25) is 5.79 Å². The molecule has 0 bridgehead atoms. The minimum atomic E-state index is -2.36. The van der Waals surface area contributed by atoms with E-state index in [1.165, 1.54) is 0 Å². The highest BCUT2D eigenvalue weighted by Crippen LogP contribution is 2.36. The monoisotopic (exact) mass is 594 g/mol. The Morgan fingerprint density at radius 1 is 0.538 bits per heavy atom. The lowest BCUT2D eigenvalue weighted by Gasteiger charge is -2.44. The Morgan fingerprint density at radius 3 is 1.46 bits per heavy atom. The third kappa shape index (κ3) is 8.13. The lowest BCUT2D eigenvalue weighted by molar-refractivity contribution is -0.388. The van der Waals surface area contributed by atoms with E-state index in [0.717, 1.165) is 0 Å². The molecule has 0 spiro atoms. The third-order valence-corrected chi connectivity index (χ3v) is 6.16. The van der Waals surface area contributed by atoms with Gasteiger partial charge in [0.25, 0.3) is 0 Å². The van der Waals surface area contributed by atoms with Gasteiger partial charge in [-0.1, -0.05) is 0 Å². The fourth-order valence-electron chi connectivity index (χ4n) is 4.01. The van der Waals surface area contributed by atoms with Crippen LogP contribution in [-0.4, -0.2) is 195 Å². The van der Waals surface area contributed by atoms with E-state index in [9.17, 15) is 56.2 Å². The topological polar surface area (TPSA) is 426 Å². The van der Waals surface area contributed by atoms with E-state index in [4.69, 9.17) is 23.7 Å². The number of ether oxygens (including phenoxy) is 5.